The first-order valence-corrected chi connectivity index (χ1v) is 10.4. The topological polar surface area (TPSA) is 50.7 Å². The molecule has 1 fully saturated rings. The first-order chi connectivity index (χ1) is 11.8. The number of aliphatic hydroxyl groups is 1. The Hall–Kier alpha value is -0.160. The van der Waals surface area contributed by atoms with E-state index < -0.39 is 6.10 Å². The van der Waals surface area contributed by atoms with Crippen LogP contribution in [0.4, 0.5) is 0 Å². The van der Waals surface area contributed by atoms with Gasteiger partial charge >= 0.3 is 0 Å². The van der Waals surface area contributed by atoms with Gasteiger partial charge in [0.15, 0.2) is 0 Å². The van der Waals surface area contributed by atoms with E-state index in [0.29, 0.717) is 13.2 Å². The Balaban J connectivity index is 2.06. The van der Waals surface area contributed by atoms with Gasteiger partial charge in [-0.1, -0.05) is 65.2 Å². The van der Waals surface area contributed by atoms with Crippen molar-refractivity contribution in [3.8, 4) is 0 Å². The largest absolute Gasteiger partial charge is 0.389 e. The van der Waals surface area contributed by atoms with Crippen LogP contribution in [0.3, 0.4) is 0 Å². The first-order valence-electron chi connectivity index (χ1n) is 10.4. The van der Waals surface area contributed by atoms with Gasteiger partial charge in [0.1, 0.15) is 6.10 Å². The van der Waals surface area contributed by atoms with Crippen LogP contribution in [-0.4, -0.2) is 49.7 Å². The van der Waals surface area contributed by atoms with E-state index in [1.165, 1.54) is 57.8 Å². The fourth-order valence-corrected chi connectivity index (χ4v) is 3.29. The van der Waals surface area contributed by atoms with E-state index in [4.69, 9.17) is 9.47 Å². The highest BCUT2D eigenvalue weighted by molar-refractivity contribution is 4.84. The summed E-state index contributed by atoms with van der Waals surface area (Å²) >= 11 is 0. The van der Waals surface area contributed by atoms with Crippen LogP contribution in [0, 0.1) is 0 Å². The molecular weight excluding hydrogens is 302 g/mol. The van der Waals surface area contributed by atoms with E-state index in [0.717, 1.165) is 26.0 Å². The number of unbranched alkanes of at least 4 members (excludes halogenated alkanes) is 8. The number of ether oxygens (including phenoxy) is 2. The molecule has 0 aromatic heterocycles. The average Bonchev–Trinajstić information content (AvgIpc) is 3.05. The fraction of sp³-hybridized carbons (Fsp3) is 1.00. The van der Waals surface area contributed by atoms with Gasteiger partial charge in [-0.05, 0) is 25.8 Å². The van der Waals surface area contributed by atoms with Crippen molar-refractivity contribution in [2.75, 3.05) is 26.3 Å². The lowest BCUT2D eigenvalue weighted by Crippen LogP contribution is -2.42. The summed E-state index contributed by atoms with van der Waals surface area (Å²) in [6, 6.07) is 0. The molecule has 3 atom stereocenters. The van der Waals surface area contributed by atoms with Crippen molar-refractivity contribution in [1.29, 1.82) is 0 Å². The molecule has 1 heterocycles. The smallest absolute Gasteiger partial charge is 0.111 e. The molecule has 0 saturated carbocycles. The molecule has 1 saturated heterocycles. The van der Waals surface area contributed by atoms with Crippen molar-refractivity contribution < 1.29 is 14.6 Å². The van der Waals surface area contributed by atoms with E-state index in [-0.39, 0.29) is 12.2 Å². The van der Waals surface area contributed by atoms with Gasteiger partial charge in [0, 0.05) is 19.8 Å². The minimum Gasteiger partial charge on any atom is -0.389 e. The Morgan fingerprint density at radius 1 is 1.00 bits per heavy atom. The van der Waals surface area contributed by atoms with Crippen molar-refractivity contribution in [3.63, 3.8) is 0 Å². The van der Waals surface area contributed by atoms with Gasteiger partial charge in [0.05, 0.1) is 12.2 Å². The second-order valence-electron chi connectivity index (χ2n) is 7.13. The normalized spacial score (nSPS) is 22.1. The minimum atomic E-state index is -0.465. The molecule has 4 heteroatoms. The quantitative estimate of drug-likeness (QED) is 0.415. The van der Waals surface area contributed by atoms with Gasteiger partial charge in [-0.3, -0.25) is 0 Å². The molecule has 0 bridgehead atoms. The zero-order chi connectivity index (χ0) is 17.5. The SMILES string of the molecule is CCCCCCCNC[C@@H](O)C1OCC[C@H]1OCCCCCCC. The Morgan fingerprint density at radius 3 is 2.38 bits per heavy atom. The van der Waals surface area contributed by atoms with Crippen LogP contribution in [-0.2, 0) is 9.47 Å². The number of rotatable bonds is 16. The summed E-state index contributed by atoms with van der Waals surface area (Å²) in [6.45, 7) is 7.56. The van der Waals surface area contributed by atoms with Crippen molar-refractivity contribution in [1.82, 2.24) is 5.32 Å². The van der Waals surface area contributed by atoms with Crippen LogP contribution in [0.5, 0.6) is 0 Å². The van der Waals surface area contributed by atoms with Crippen molar-refractivity contribution >= 4 is 0 Å². The lowest BCUT2D eigenvalue weighted by atomic mass is 10.1. The number of aliphatic hydroxyl groups excluding tert-OH is 1. The molecule has 0 radical (unpaired) electrons. The summed E-state index contributed by atoms with van der Waals surface area (Å²) in [6.07, 6.45) is 13.0. The Labute approximate surface area is 149 Å². The number of hydrogen-bond acceptors (Lipinski definition) is 4. The van der Waals surface area contributed by atoms with Gasteiger partial charge < -0.3 is 19.9 Å². The molecule has 24 heavy (non-hydrogen) atoms. The van der Waals surface area contributed by atoms with Crippen molar-refractivity contribution in [2.24, 2.45) is 0 Å². The van der Waals surface area contributed by atoms with E-state index in [1.54, 1.807) is 0 Å². The van der Waals surface area contributed by atoms with Crippen LogP contribution in [0.25, 0.3) is 0 Å². The molecule has 1 aliphatic rings. The molecule has 0 amide bonds. The third-order valence-corrected chi connectivity index (χ3v) is 4.85. The summed E-state index contributed by atoms with van der Waals surface area (Å²) in [5.41, 5.74) is 0. The fourth-order valence-electron chi connectivity index (χ4n) is 3.29. The zero-order valence-electron chi connectivity index (χ0n) is 16.1. The maximum absolute atomic E-state index is 10.4. The van der Waals surface area contributed by atoms with Crippen LogP contribution < -0.4 is 5.32 Å². The van der Waals surface area contributed by atoms with Crippen molar-refractivity contribution in [2.45, 2.75) is 103 Å². The summed E-state index contributed by atoms with van der Waals surface area (Å²) in [7, 11) is 0. The highest BCUT2D eigenvalue weighted by atomic mass is 16.6. The molecule has 1 unspecified atom stereocenters. The lowest BCUT2D eigenvalue weighted by molar-refractivity contribution is -0.0693. The molecule has 0 aromatic carbocycles. The van der Waals surface area contributed by atoms with E-state index in [2.05, 4.69) is 19.2 Å². The summed E-state index contributed by atoms with van der Waals surface area (Å²) in [5.74, 6) is 0. The minimum absolute atomic E-state index is 0.0672. The van der Waals surface area contributed by atoms with Crippen LogP contribution in [0.15, 0.2) is 0 Å². The van der Waals surface area contributed by atoms with E-state index in [1.807, 2.05) is 0 Å². The molecule has 2 N–H and O–H groups in total. The molecule has 144 valence electrons. The Bertz CT molecular complexity index is 276. The van der Waals surface area contributed by atoms with E-state index >= 15 is 0 Å². The van der Waals surface area contributed by atoms with Crippen LogP contribution in [0.2, 0.25) is 0 Å². The lowest BCUT2D eigenvalue weighted by Gasteiger charge is -2.24. The molecule has 4 nitrogen and oxygen atoms in total. The van der Waals surface area contributed by atoms with Gasteiger partial charge in [-0.25, -0.2) is 0 Å². The second kappa shape index (κ2) is 15.1. The molecule has 1 rings (SSSR count). The van der Waals surface area contributed by atoms with Crippen molar-refractivity contribution in [3.05, 3.63) is 0 Å². The van der Waals surface area contributed by atoms with Crippen LogP contribution in [0.1, 0.15) is 84.5 Å². The summed E-state index contributed by atoms with van der Waals surface area (Å²) in [4.78, 5) is 0. The molecular formula is C20H41NO3. The molecule has 0 spiro atoms. The summed E-state index contributed by atoms with van der Waals surface area (Å²) in [5, 5.41) is 13.7. The Kier molecular flexibility index (Phi) is 13.8. The maximum atomic E-state index is 10.4. The second-order valence-corrected chi connectivity index (χ2v) is 7.13. The third-order valence-electron chi connectivity index (χ3n) is 4.85. The van der Waals surface area contributed by atoms with Gasteiger partial charge in [-0.15, -0.1) is 0 Å². The highest BCUT2D eigenvalue weighted by Gasteiger charge is 2.34. The monoisotopic (exact) mass is 343 g/mol. The highest BCUT2D eigenvalue weighted by Crippen LogP contribution is 2.20. The third kappa shape index (κ3) is 9.97. The Morgan fingerprint density at radius 2 is 1.67 bits per heavy atom. The average molecular weight is 344 g/mol. The molecule has 0 aromatic rings. The maximum Gasteiger partial charge on any atom is 0.111 e. The van der Waals surface area contributed by atoms with E-state index in [9.17, 15) is 5.11 Å². The molecule has 1 aliphatic heterocycles. The van der Waals surface area contributed by atoms with Gasteiger partial charge in [0.25, 0.3) is 0 Å². The van der Waals surface area contributed by atoms with Crippen LogP contribution >= 0.6 is 0 Å². The number of hydrogen-bond donors (Lipinski definition) is 2. The standard InChI is InChI=1S/C20H41NO3/c1-3-5-7-9-11-14-21-17-18(22)20-19(13-16-24-20)23-15-12-10-8-6-4-2/h18-22H,3-17H2,1-2H3/t18-,19-,20?/m1/s1. The zero-order valence-corrected chi connectivity index (χ0v) is 16.1. The summed E-state index contributed by atoms with van der Waals surface area (Å²) < 4.78 is 11.7. The van der Waals surface area contributed by atoms with Gasteiger partial charge in [0.2, 0.25) is 0 Å². The molecule has 0 aliphatic carbocycles. The predicted molar refractivity (Wildman–Crippen MR) is 100 cm³/mol. The van der Waals surface area contributed by atoms with Gasteiger partial charge in [-0.2, -0.15) is 0 Å². The number of nitrogens with one attached hydrogen (secondary N) is 1. The first kappa shape index (κ1) is 21.9. The predicted octanol–water partition coefficient (Wildman–Crippen LogP) is 4.05.